The van der Waals surface area contributed by atoms with Crippen LogP contribution in [0.5, 0.6) is 11.5 Å². The van der Waals surface area contributed by atoms with Gasteiger partial charge in [0.05, 0.1) is 31.9 Å². The summed E-state index contributed by atoms with van der Waals surface area (Å²) in [4.78, 5) is 27.6. The molecule has 1 saturated heterocycles. The number of piperidine rings is 1. The van der Waals surface area contributed by atoms with Crippen molar-refractivity contribution >= 4 is 11.9 Å². The van der Waals surface area contributed by atoms with E-state index in [0.29, 0.717) is 29.5 Å². The summed E-state index contributed by atoms with van der Waals surface area (Å²) in [5.41, 5.74) is -2.22. The van der Waals surface area contributed by atoms with Gasteiger partial charge in [-0.3, -0.25) is 14.2 Å². The van der Waals surface area contributed by atoms with Gasteiger partial charge in [0.15, 0.2) is 17.3 Å². The number of likely N-dealkylation sites (tertiary alicyclic amines) is 1. The Morgan fingerprint density at radius 3 is 2.18 bits per heavy atom. The number of fused-ring (bicyclic) bond motifs is 3. The number of rotatable bonds is 7. The third-order valence-corrected chi connectivity index (χ3v) is 8.33. The van der Waals surface area contributed by atoms with Gasteiger partial charge in [-0.1, -0.05) is 12.1 Å². The van der Waals surface area contributed by atoms with E-state index < -0.39 is 59.7 Å². The average molecular weight is 699 g/mol. The van der Waals surface area contributed by atoms with E-state index in [9.17, 15) is 35.9 Å². The highest BCUT2D eigenvalue weighted by atomic mass is 19.4. The third kappa shape index (κ3) is 7.78. The lowest BCUT2D eigenvalue weighted by molar-refractivity contribution is -0.156. The molecule has 49 heavy (non-hydrogen) atoms. The second kappa shape index (κ2) is 13.5. The number of esters is 1. The fraction of sp³-hybridized carbons (Fsp3) is 0.515. The number of benzene rings is 2. The molecule has 3 aromatic rings. The number of alkyl halides is 6. The first-order chi connectivity index (χ1) is 22.9. The first kappa shape index (κ1) is 36.0. The maximum atomic E-state index is 14.4. The zero-order chi connectivity index (χ0) is 35.9. The summed E-state index contributed by atoms with van der Waals surface area (Å²) >= 11 is 0. The summed E-state index contributed by atoms with van der Waals surface area (Å²) < 4.78 is 108. The van der Waals surface area contributed by atoms with Crippen molar-refractivity contribution in [2.75, 3.05) is 27.3 Å². The van der Waals surface area contributed by atoms with E-state index in [2.05, 4.69) is 10.2 Å². The van der Waals surface area contributed by atoms with Crippen molar-refractivity contribution < 1.29 is 54.9 Å². The Hall–Kier alpha value is -4.34. The quantitative estimate of drug-likeness (QED) is 0.195. The molecule has 1 aromatic heterocycles. The second-order valence-corrected chi connectivity index (χ2v) is 12.9. The third-order valence-electron chi connectivity index (χ3n) is 8.33. The van der Waals surface area contributed by atoms with Crippen molar-refractivity contribution in [3.8, 4) is 17.2 Å². The van der Waals surface area contributed by atoms with E-state index in [1.807, 2.05) is 0 Å². The first-order valence-electron chi connectivity index (χ1n) is 15.5. The van der Waals surface area contributed by atoms with Crippen molar-refractivity contribution in [2.45, 2.75) is 76.6 Å². The van der Waals surface area contributed by atoms with E-state index >= 15 is 0 Å². The normalized spacial score (nSPS) is 18.7. The van der Waals surface area contributed by atoms with Crippen LogP contribution in [0.2, 0.25) is 0 Å². The van der Waals surface area contributed by atoms with Crippen LogP contribution in [-0.2, 0) is 31.4 Å². The highest BCUT2D eigenvalue weighted by molar-refractivity contribution is 5.77. The van der Waals surface area contributed by atoms with Crippen LogP contribution in [0.3, 0.4) is 0 Å². The Morgan fingerprint density at radius 2 is 1.59 bits per heavy atom. The maximum absolute atomic E-state index is 14.4. The zero-order valence-corrected chi connectivity index (χ0v) is 27.4. The molecule has 1 fully saturated rings. The largest absolute Gasteiger partial charge is 0.493 e. The lowest BCUT2D eigenvalue weighted by atomic mass is 9.93. The molecule has 0 spiro atoms. The number of ether oxygens (including phenoxy) is 4. The Morgan fingerprint density at radius 1 is 0.898 bits per heavy atom. The molecule has 10 nitrogen and oxygen atoms in total. The fourth-order valence-corrected chi connectivity index (χ4v) is 6.16. The highest BCUT2D eigenvalue weighted by Gasteiger charge is 2.45. The second-order valence-electron chi connectivity index (χ2n) is 12.9. The zero-order valence-electron chi connectivity index (χ0n) is 27.4. The molecule has 16 heteroatoms. The maximum Gasteiger partial charge on any atom is 0.452 e. The predicted octanol–water partition coefficient (Wildman–Crippen LogP) is 6.84. The van der Waals surface area contributed by atoms with E-state index in [-0.39, 0.29) is 59.7 Å². The number of hydrogen-bond acceptors (Lipinski definition) is 8. The molecule has 2 atom stereocenters. The van der Waals surface area contributed by atoms with E-state index in [1.54, 1.807) is 20.8 Å². The number of hydrogen-bond donors (Lipinski definition) is 0. The summed E-state index contributed by atoms with van der Waals surface area (Å²) in [5, 5.41) is 7.12. The molecular weight excluding hydrogens is 662 g/mol. The minimum atomic E-state index is -5.07. The molecule has 2 aliphatic rings. The molecule has 2 aromatic carbocycles. The van der Waals surface area contributed by atoms with Gasteiger partial charge in [0, 0.05) is 30.6 Å². The lowest BCUT2D eigenvalue weighted by Crippen LogP contribution is -2.40. The number of carbonyl (C=O) groups excluding carboxylic acids is 2. The molecule has 0 unspecified atom stereocenters. The molecule has 2 aliphatic heterocycles. The number of para-hydroxylation sites is 1. The Kier molecular flexibility index (Phi) is 9.92. The number of methoxy groups -OCH3 is 2. The van der Waals surface area contributed by atoms with Crippen molar-refractivity contribution in [3.63, 3.8) is 0 Å². The molecule has 0 N–H and O–H groups in total. The molecule has 1 amide bonds. The van der Waals surface area contributed by atoms with Crippen LogP contribution in [-0.4, -0.2) is 64.5 Å². The van der Waals surface area contributed by atoms with Gasteiger partial charge in [0.25, 0.3) is 0 Å². The van der Waals surface area contributed by atoms with Crippen LogP contribution < -0.4 is 9.47 Å². The Balaban J connectivity index is 1.54. The van der Waals surface area contributed by atoms with Crippen LogP contribution in [0, 0.1) is 5.92 Å². The van der Waals surface area contributed by atoms with Crippen LogP contribution in [0.25, 0.3) is 5.69 Å². The number of amides is 1. The van der Waals surface area contributed by atoms with Gasteiger partial charge in [0.1, 0.15) is 17.8 Å². The van der Waals surface area contributed by atoms with Gasteiger partial charge in [-0.05, 0) is 63.8 Å². The minimum Gasteiger partial charge on any atom is -0.493 e. The predicted molar refractivity (Wildman–Crippen MR) is 161 cm³/mol. The van der Waals surface area contributed by atoms with Gasteiger partial charge in [-0.2, -0.15) is 26.3 Å². The molecular formula is C33H36F6N4O6. The first-order valence-corrected chi connectivity index (χ1v) is 15.5. The van der Waals surface area contributed by atoms with Crippen LogP contribution in [0.4, 0.5) is 26.3 Å². The molecule has 0 radical (unpaired) electrons. The fourth-order valence-electron chi connectivity index (χ4n) is 6.16. The smallest absolute Gasteiger partial charge is 0.452 e. The lowest BCUT2D eigenvalue weighted by Gasteiger charge is -2.33. The van der Waals surface area contributed by atoms with Gasteiger partial charge < -0.3 is 23.8 Å². The van der Waals surface area contributed by atoms with Crippen molar-refractivity contribution in [2.24, 2.45) is 5.92 Å². The standard InChI is InChI=1S/C33H36F6N4O6/c1-31(2,3)49-26(45)15-18-11-13-42(14-12-18)25(44)17-24-29-40-41-30(33(37,38)39)43(29)22-10-9-19(32(34,35)36)16-21(22)27(48-24)20-7-6-8-23(46-4)28(20)47-5/h6-10,16,18,24,27H,11-15,17H2,1-5H3/t24-,27-/m1/s1. The number of aromatic nitrogens is 3. The number of carbonyl (C=O) groups is 2. The summed E-state index contributed by atoms with van der Waals surface area (Å²) in [7, 11) is 2.65. The summed E-state index contributed by atoms with van der Waals surface area (Å²) in [6.45, 7) is 5.83. The van der Waals surface area contributed by atoms with E-state index in [0.717, 1.165) is 6.07 Å². The van der Waals surface area contributed by atoms with Crippen molar-refractivity contribution in [1.29, 1.82) is 0 Å². The van der Waals surface area contributed by atoms with Gasteiger partial charge in [-0.15, -0.1) is 10.2 Å². The van der Waals surface area contributed by atoms with Gasteiger partial charge in [0.2, 0.25) is 11.7 Å². The van der Waals surface area contributed by atoms with Gasteiger partial charge >= 0.3 is 18.3 Å². The molecule has 3 heterocycles. The molecule has 5 rings (SSSR count). The molecule has 0 bridgehead atoms. The topological polar surface area (TPSA) is 105 Å². The summed E-state index contributed by atoms with van der Waals surface area (Å²) in [5.74, 6) is -2.51. The van der Waals surface area contributed by atoms with Gasteiger partial charge in [-0.25, -0.2) is 0 Å². The summed E-state index contributed by atoms with van der Waals surface area (Å²) in [6.07, 6.45) is -12.2. The van der Waals surface area contributed by atoms with E-state index in [4.69, 9.17) is 18.9 Å². The Labute approximate surface area is 278 Å². The minimum absolute atomic E-state index is 0.0345. The van der Waals surface area contributed by atoms with Crippen LogP contribution in [0.1, 0.15) is 87.0 Å². The average Bonchev–Trinajstić information content (AvgIpc) is 3.42. The summed E-state index contributed by atoms with van der Waals surface area (Å²) in [6, 6.07) is 6.83. The molecule has 266 valence electrons. The highest BCUT2D eigenvalue weighted by Crippen LogP contribution is 2.48. The van der Waals surface area contributed by atoms with E-state index in [1.165, 1.54) is 37.3 Å². The SMILES string of the molecule is COc1cccc([C@H]2O[C@H](CC(=O)N3CCC(CC(=O)OC(C)(C)C)CC3)c3nnc(C(F)(F)F)n3-c3ccc(C(F)(F)F)cc32)c1OC. The Bertz CT molecular complexity index is 1690. The molecule has 0 saturated carbocycles. The van der Waals surface area contributed by atoms with Crippen molar-refractivity contribution in [3.05, 3.63) is 64.7 Å². The van der Waals surface area contributed by atoms with Crippen LogP contribution >= 0.6 is 0 Å². The van der Waals surface area contributed by atoms with Crippen molar-refractivity contribution in [1.82, 2.24) is 19.7 Å². The van der Waals surface area contributed by atoms with Crippen LogP contribution in [0.15, 0.2) is 36.4 Å². The molecule has 0 aliphatic carbocycles. The number of nitrogens with zero attached hydrogens (tertiary/aromatic N) is 4. The number of halogens is 6. The monoisotopic (exact) mass is 698 g/mol.